The number of esters is 1. The molecule has 0 aromatic heterocycles. The summed E-state index contributed by atoms with van der Waals surface area (Å²) in [5, 5.41) is 0. The number of benzene rings is 2. The van der Waals surface area contributed by atoms with Gasteiger partial charge in [0.15, 0.2) is 0 Å². The summed E-state index contributed by atoms with van der Waals surface area (Å²) in [4.78, 5) is 27.4. The SMILES string of the molecule is CCOC(=O)c1ccc(S(=O)(=O)N2CCC(C(=O)N3CCCC3c3ccc(C)c(C)c3)CC2)cc1. The fourth-order valence-electron chi connectivity index (χ4n) is 5.05. The van der Waals surface area contributed by atoms with Crippen molar-refractivity contribution in [2.45, 2.75) is 57.4 Å². The molecule has 2 aliphatic heterocycles. The van der Waals surface area contributed by atoms with E-state index in [2.05, 4.69) is 32.0 Å². The molecule has 1 atom stereocenters. The van der Waals surface area contributed by atoms with Crippen LogP contribution >= 0.6 is 0 Å². The van der Waals surface area contributed by atoms with Crippen molar-refractivity contribution in [2.75, 3.05) is 26.2 Å². The molecule has 0 saturated carbocycles. The summed E-state index contributed by atoms with van der Waals surface area (Å²) in [5.41, 5.74) is 3.98. The molecule has 7 nitrogen and oxygen atoms in total. The first-order valence-corrected chi connectivity index (χ1v) is 13.8. The maximum Gasteiger partial charge on any atom is 0.338 e. The summed E-state index contributed by atoms with van der Waals surface area (Å²) in [5.74, 6) is -0.502. The first-order chi connectivity index (χ1) is 16.7. The lowest BCUT2D eigenvalue weighted by Gasteiger charge is -2.34. The molecule has 2 aliphatic rings. The number of hydrogen-bond acceptors (Lipinski definition) is 5. The van der Waals surface area contributed by atoms with Crippen LogP contribution in [-0.2, 0) is 19.6 Å². The van der Waals surface area contributed by atoms with Crippen molar-refractivity contribution in [1.82, 2.24) is 9.21 Å². The lowest BCUT2D eigenvalue weighted by Crippen LogP contribution is -2.44. The van der Waals surface area contributed by atoms with Crippen LogP contribution in [0.3, 0.4) is 0 Å². The maximum atomic E-state index is 13.4. The van der Waals surface area contributed by atoms with E-state index >= 15 is 0 Å². The van der Waals surface area contributed by atoms with E-state index in [1.807, 2.05) is 4.90 Å². The van der Waals surface area contributed by atoms with Gasteiger partial charge in [0.05, 0.1) is 23.1 Å². The molecular formula is C27H34N2O5S. The molecule has 0 spiro atoms. The van der Waals surface area contributed by atoms with E-state index in [0.29, 0.717) is 31.5 Å². The van der Waals surface area contributed by atoms with Crippen molar-refractivity contribution < 1.29 is 22.7 Å². The molecule has 0 N–H and O–H groups in total. The number of aryl methyl sites for hydroxylation is 2. The summed E-state index contributed by atoms with van der Waals surface area (Å²) in [7, 11) is -3.69. The fourth-order valence-corrected chi connectivity index (χ4v) is 6.52. The number of carbonyl (C=O) groups is 2. The lowest BCUT2D eigenvalue weighted by molar-refractivity contribution is -0.137. The van der Waals surface area contributed by atoms with Gasteiger partial charge in [-0.15, -0.1) is 0 Å². The molecule has 0 aliphatic carbocycles. The smallest absolute Gasteiger partial charge is 0.338 e. The Labute approximate surface area is 208 Å². The average Bonchev–Trinajstić information content (AvgIpc) is 3.35. The molecule has 2 saturated heterocycles. The molecule has 2 aromatic rings. The van der Waals surface area contributed by atoms with E-state index < -0.39 is 16.0 Å². The highest BCUT2D eigenvalue weighted by Gasteiger charge is 2.37. The monoisotopic (exact) mass is 498 g/mol. The van der Waals surface area contributed by atoms with Gasteiger partial charge in [-0.3, -0.25) is 4.79 Å². The second-order valence-corrected chi connectivity index (χ2v) is 11.4. The summed E-state index contributed by atoms with van der Waals surface area (Å²) in [6.45, 7) is 7.53. The van der Waals surface area contributed by atoms with Gasteiger partial charge in [0.1, 0.15) is 0 Å². The highest BCUT2D eigenvalue weighted by Crippen LogP contribution is 2.36. The third kappa shape index (κ3) is 5.28. The fraction of sp³-hybridized carbons (Fsp3) is 0.481. The minimum Gasteiger partial charge on any atom is -0.462 e. The van der Waals surface area contributed by atoms with Crippen molar-refractivity contribution in [2.24, 2.45) is 5.92 Å². The highest BCUT2D eigenvalue weighted by atomic mass is 32.2. The molecule has 4 rings (SSSR count). The zero-order chi connectivity index (χ0) is 25.2. The van der Waals surface area contributed by atoms with E-state index in [0.717, 1.165) is 19.4 Å². The Morgan fingerprint density at radius 2 is 1.63 bits per heavy atom. The predicted octanol–water partition coefficient (Wildman–Crippen LogP) is 4.24. The van der Waals surface area contributed by atoms with Gasteiger partial charge in [-0.25, -0.2) is 13.2 Å². The zero-order valence-electron chi connectivity index (χ0n) is 20.7. The van der Waals surface area contributed by atoms with Crippen LogP contribution in [0.1, 0.15) is 65.7 Å². The first kappa shape index (κ1) is 25.4. The number of likely N-dealkylation sites (tertiary alicyclic amines) is 1. The third-order valence-electron chi connectivity index (χ3n) is 7.26. The number of sulfonamides is 1. The molecular weight excluding hydrogens is 464 g/mol. The number of rotatable bonds is 6. The molecule has 2 fully saturated rings. The number of piperidine rings is 1. The van der Waals surface area contributed by atoms with Gasteiger partial charge >= 0.3 is 5.97 Å². The number of hydrogen-bond donors (Lipinski definition) is 0. The molecule has 0 bridgehead atoms. The van der Waals surface area contributed by atoms with Gasteiger partial charge in [-0.2, -0.15) is 4.31 Å². The van der Waals surface area contributed by atoms with Crippen LogP contribution < -0.4 is 0 Å². The summed E-state index contributed by atoms with van der Waals surface area (Å²) in [6, 6.07) is 12.4. The molecule has 1 unspecified atom stereocenters. The molecule has 2 aromatic carbocycles. The van der Waals surface area contributed by atoms with Crippen LogP contribution in [0.4, 0.5) is 0 Å². The minimum atomic E-state index is -3.69. The number of ether oxygens (including phenoxy) is 1. The van der Waals surface area contributed by atoms with Gasteiger partial charge in [0.25, 0.3) is 0 Å². The van der Waals surface area contributed by atoms with Crippen molar-refractivity contribution in [3.63, 3.8) is 0 Å². The highest BCUT2D eigenvalue weighted by molar-refractivity contribution is 7.89. The van der Waals surface area contributed by atoms with Crippen LogP contribution in [0.5, 0.6) is 0 Å². The Morgan fingerprint density at radius 3 is 2.26 bits per heavy atom. The Balaban J connectivity index is 1.40. The second kappa shape index (κ2) is 10.5. The number of amides is 1. The quantitative estimate of drug-likeness (QED) is 0.556. The van der Waals surface area contributed by atoms with Gasteiger partial charge in [-0.1, -0.05) is 18.2 Å². The Kier molecular flexibility index (Phi) is 7.62. The van der Waals surface area contributed by atoms with Gasteiger partial charge in [0, 0.05) is 25.6 Å². The van der Waals surface area contributed by atoms with Crippen molar-refractivity contribution in [3.05, 3.63) is 64.7 Å². The summed E-state index contributed by atoms with van der Waals surface area (Å²) in [6.07, 6.45) is 2.96. The number of carbonyl (C=O) groups excluding carboxylic acids is 2. The van der Waals surface area contributed by atoms with Gasteiger partial charge < -0.3 is 9.64 Å². The van der Waals surface area contributed by atoms with Crippen LogP contribution in [0.15, 0.2) is 47.4 Å². The van der Waals surface area contributed by atoms with Crippen LogP contribution in [-0.4, -0.2) is 55.7 Å². The van der Waals surface area contributed by atoms with Crippen LogP contribution in [0, 0.1) is 19.8 Å². The maximum absolute atomic E-state index is 13.4. The lowest BCUT2D eigenvalue weighted by atomic mass is 9.94. The van der Waals surface area contributed by atoms with E-state index in [9.17, 15) is 18.0 Å². The molecule has 8 heteroatoms. The topological polar surface area (TPSA) is 84.0 Å². The van der Waals surface area contributed by atoms with E-state index in [4.69, 9.17) is 4.74 Å². The van der Waals surface area contributed by atoms with E-state index in [1.165, 1.54) is 45.3 Å². The molecule has 0 radical (unpaired) electrons. The normalized spacial score (nSPS) is 19.6. The number of nitrogens with zero attached hydrogens (tertiary/aromatic N) is 2. The third-order valence-corrected chi connectivity index (χ3v) is 9.17. The van der Waals surface area contributed by atoms with Crippen molar-refractivity contribution in [3.8, 4) is 0 Å². The van der Waals surface area contributed by atoms with Crippen LogP contribution in [0.25, 0.3) is 0 Å². The molecule has 2 heterocycles. The van der Waals surface area contributed by atoms with Gasteiger partial charge in [-0.05, 0) is 87.4 Å². The molecule has 188 valence electrons. The standard InChI is InChI=1S/C27H34N2O5S/c1-4-34-27(31)22-9-11-24(12-10-22)35(32,33)28-16-13-21(14-17-28)26(30)29-15-5-6-25(29)23-8-7-19(2)20(3)18-23/h7-12,18,21,25H,4-6,13-17H2,1-3H3. The summed E-state index contributed by atoms with van der Waals surface area (Å²) < 4.78 is 32.7. The Morgan fingerprint density at radius 1 is 0.943 bits per heavy atom. The van der Waals surface area contributed by atoms with Crippen molar-refractivity contribution in [1.29, 1.82) is 0 Å². The zero-order valence-corrected chi connectivity index (χ0v) is 21.5. The largest absolute Gasteiger partial charge is 0.462 e. The first-order valence-electron chi connectivity index (χ1n) is 12.4. The molecule has 1 amide bonds. The molecule has 35 heavy (non-hydrogen) atoms. The van der Waals surface area contributed by atoms with Crippen molar-refractivity contribution >= 4 is 21.9 Å². The van der Waals surface area contributed by atoms with Gasteiger partial charge in [0.2, 0.25) is 15.9 Å². The Bertz CT molecular complexity index is 1180. The summed E-state index contributed by atoms with van der Waals surface area (Å²) >= 11 is 0. The minimum absolute atomic E-state index is 0.0986. The Hall–Kier alpha value is -2.71. The van der Waals surface area contributed by atoms with Crippen LogP contribution in [0.2, 0.25) is 0 Å². The average molecular weight is 499 g/mol. The predicted molar refractivity (Wildman–Crippen MR) is 133 cm³/mol. The second-order valence-electron chi connectivity index (χ2n) is 9.46. The van der Waals surface area contributed by atoms with E-state index in [1.54, 1.807) is 6.92 Å². The van der Waals surface area contributed by atoms with E-state index in [-0.39, 0.29) is 29.4 Å².